The first kappa shape index (κ1) is 21.3. The molecule has 1 aromatic carbocycles. The smallest absolute Gasteiger partial charge is 0.222 e. The second-order valence-corrected chi connectivity index (χ2v) is 7.40. The number of nitrogens with zero attached hydrogens (tertiary/aromatic N) is 2. The Bertz CT molecular complexity index is 935. The van der Waals surface area contributed by atoms with Gasteiger partial charge in [0.2, 0.25) is 5.95 Å². The van der Waals surface area contributed by atoms with Gasteiger partial charge in [-0.25, -0.2) is 18.4 Å². The number of hydrogen-bond acceptors (Lipinski definition) is 9. The molecule has 0 spiro atoms. The fourth-order valence-electron chi connectivity index (χ4n) is 2.41. The molecule has 0 aliphatic rings. The molecule has 0 radical (unpaired) electrons. The van der Waals surface area contributed by atoms with Crippen LogP contribution in [0.5, 0.6) is 23.0 Å². The average Bonchev–Trinajstić information content (AvgIpc) is 2.71. The van der Waals surface area contributed by atoms with E-state index in [9.17, 15) is 8.42 Å². The zero-order chi connectivity index (χ0) is 20.7. The van der Waals surface area contributed by atoms with Crippen molar-refractivity contribution in [3.05, 3.63) is 35.0 Å². The number of aromatic nitrogens is 2. The number of rotatable bonds is 9. The third kappa shape index (κ3) is 5.03. The monoisotopic (exact) mass is 409 g/mol. The van der Waals surface area contributed by atoms with Crippen molar-refractivity contribution in [3.63, 3.8) is 0 Å². The minimum atomic E-state index is -3.68. The average molecular weight is 409 g/mol. The Balaban J connectivity index is 2.38. The van der Waals surface area contributed by atoms with Crippen LogP contribution in [-0.2, 0) is 15.6 Å². The summed E-state index contributed by atoms with van der Waals surface area (Å²) in [6.07, 6.45) is 2.84. The summed E-state index contributed by atoms with van der Waals surface area (Å²) in [7, 11) is 3.86. The number of sulfone groups is 1. The molecule has 1 N–H and O–H groups in total. The lowest BCUT2D eigenvalue weighted by molar-refractivity contribution is 0.374. The van der Waals surface area contributed by atoms with Crippen LogP contribution in [0.1, 0.15) is 11.3 Å². The molecule has 152 valence electrons. The lowest BCUT2D eigenvalue weighted by Crippen LogP contribution is -2.07. The predicted molar refractivity (Wildman–Crippen MR) is 106 cm³/mol. The Labute approximate surface area is 164 Å². The van der Waals surface area contributed by atoms with Crippen LogP contribution in [0, 0.1) is 0 Å². The lowest BCUT2D eigenvalue weighted by atomic mass is 10.1. The molecule has 2 aromatic rings. The molecule has 0 saturated carbocycles. The first-order chi connectivity index (χ1) is 13.4. The number of anilines is 1. The summed E-state index contributed by atoms with van der Waals surface area (Å²) in [5.41, 5.74) is 0.722. The largest absolute Gasteiger partial charge is 0.496 e. The summed E-state index contributed by atoms with van der Waals surface area (Å²) in [5, 5.41) is 3.85. The van der Waals surface area contributed by atoms with Crippen LogP contribution in [-0.4, -0.2) is 53.9 Å². The van der Waals surface area contributed by atoms with Gasteiger partial charge in [-0.2, -0.15) is 0 Å². The maximum atomic E-state index is 12.6. The van der Waals surface area contributed by atoms with Crippen LogP contribution < -0.4 is 24.3 Å². The highest BCUT2D eigenvalue weighted by Gasteiger charge is 2.17. The van der Waals surface area contributed by atoms with Crippen molar-refractivity contribution in [2.45, 2.75) is 5.75 Å². The minimum Gasteiger partial charge on any atom is -0.496 e. The highest BCUT2D eigenvalue weighted by atomic mass is 32.2. The fraction of sp³-hybridized carbons (Fsp3) is 0.333. The zero-order valence-corrected chi connectivity index (χ0v) is 17.2. The molecule has 0 aliphatic heterocycles. The van der Waals surface area contributed by atoms with Crippen LogP contribution in [0.4, 0.5) is 5.95 Å². The lowest BCUT2D eigenvalue weighted by Gasteiger charge is -2.12. The Morgan fingerprint density at radius 2 is 1.61 bits per heavy atom. The second-order valence-electron chi connectivity index (χ2n) is 5.51. The van der Waals surface area contributed by atoms with E-state index in [1.807, 2.05) is 0 Å². The van der Waals surface area contributed by atoms with Gasteiger partial charge >= 0.3 is 0 Å². The molecule has 10 heteroatoms. The minimum absolute atomic E-state index is 0.250. The summed E-state index contributed by atoms with van der Waals surface area (Å²) in [6, 6.07) is 3.28. The van der Waals surface area contributed by atoms with Gasteiger partial charge in [-0.05, 0) is 6.08 Å². The molecule has 2 rings (SSSR count). The summed E-state index contributed by atoms with van der Waals surface area (Å²) >= 11 is 0. The summed E-state index contributed by atoms with van der Waals surface area (Å²) in [4.78, 5) is 8.18. The number of methoxy groups -OCH3 is 4. The molecule has 9 nitrogen and oxygen atoms in total. The predicted octanol–water partition coefficient (Wildman–Crippen LogP) is 2.14. The first-order valence-corrected chi connectivity index (χ1v) is 9.87. The maximum Gasteiger partial charge on any atom is 0.222 e. The molecule has 0 atom stereocenters. The Morgan fingerprint density at radius 1 is 1.00 bits per heavy atom. The highest BCUT2D eigenvalue weighted by molar-refractivity contribution is 7.93. The van der Waals surface area contributed by atoms with Crippen molar-refractivity contribution in [2.24, 2.45) is 0 Å². The number of hydrogen-bond donors (Lipinski definition) is 1. The Morgan fingerprint density at radius 3 is 2.11 bits per heavy atom. The van der Waals surface area contributed by atoms with Crippen molar-refractivity contribution in [3.8, 4) is 23.0 Å². The topological polar surface area (TPSA) is 109 Å². The van der Waals surface area contributed by atoms with E-state index in [-0.39, 0.29) is 17.2 Å². The van der Waals surface area contributed by atoms with Gasteiger partial charge in [-0.15, -0.1) is 0 Å². The van der Waals surface area contributed by atoms with E-state index in [2.05, 4.69) is 15.3 Å². The molecule has 0 aliphatic carbocycles. The summed E-state index contributed by atoms with van der Waals surface area (Å²) in [5.74, 6) is 1.59. The van der Waals surface area contributed by atoms with E-state index >= 15 is 0 Å². The van der Waals surface area contributed by atoms with E-state index in [4.69, 9.17) is 18.9 Å². The van der Waals surface area contributed by atoms with E-state index in [1.165, 1.54) is 40.7 Å². The van der Waals surface area contributed by atoms with Crippen LogP contribution in [0.15, 0.2) is 23.7 Å². The van der Waals surface area contributed by atoms with Gasteiger partial charge in [0.15, 0.2) is 15.6 Å². The molecule has 1 heterocycles. The highest BCUT2D eigenvalue weighted by Crippen LogP contribution is 2.35. The zero-order valence-electron chi connectivity index (χ0n) is 16.3. The van der Waals surface area contributed by atoms with Crippen molar-refractivity contribution in [2.75, 3.05) is 40.8 Å². The van der Waals surface area contributed by atoms with Gasteiger partial charge in [-0.1, -0.05) is 0 Å². The summed E-state index contributed by atoms with van der Waals surface area (Å²) < 4.78 is 46.3. The van der Waals surface area contributed by atoms with E-state index in [1.54, 1.807) is 19.2 Å². The third-order valence-electron chi connectivity index (χ3n) is 3.81. The van der Waals surface area contributed by atoms with Crippen molar-refractivity contribution >= 4 is 21.9 Å². The molecule has 0 fully saturated rings. The molecule has 0 unspecified atom stereocenters. The standard InChI is InChI=1S/C18H23N3O6S/c1-19-18-20-10-17(27-5)14(21-18)11-28(22,23)7-6-13-15(25-3)8-12(24-2)9-16(13)26-4/h6-10H,11H2,1-5H3,(H,19,20,21)/b7-6+. The van der Waals surface area contributed by atoms with E-state index in [0.29, 0.717) is 28.8 Å². The van der Waals surface area contributed by atoms with Crippen molar-refractivity contribution < 1.29 is 27.4 Å². The second kappa shape index (κ2) is 9.27. The van der Waals surface area contributed by atoms with Crippen molar-refractivity contribution in [1.82, 2.24) is 9.97 Å². The van der Waals surface area contributed by atoms with Crippen LogP contribution in [0.2, 0.25) is 0 Å². The molecule has 0 saturated heterocycles. The van der Waals surface area contributed by atoms with Crippen LogP contribution in [0.3, 0.4) is 0 Å². The van der Waals surface area contributed by atoms with Crippen molar-refractivity contribution in [1.29, 1.82) is 0 Å². The number of benzene rings is 1. The molecule has 0 amide bonds. The van der Waals surface area contributed by atoms with Gasteiger partial charge in [0.1, 0.15) is 28.7 Å². The molecule has 28 heavy (non-hydrogen) atoms. The Hall–Kier alpha value is -3.01. The number of nitrogens with one attached hydrogen (secondary N) is 1. The van der Waals surface area contributed by atoms with Gasteiger partial charge in [0.25, 0.3) is 0 Å². The fourth-order valence-corrected chi connectivity index (χ4v) is 3.44. The van der Waals surface area contributed by atoms with Gasteiger partial charge < -0.3 is 24.3 Å². The molecule has 1 aromatic heterocycles. The van der Waals surface area contributed by atoms with E-state index < -0.39 is 9.84 Å². The SMILES string of the molecule is CNc1ncc(OC)c(CS(=O)(=O)/C=C/c2c(OC)cc(OC)cc2OC)n1. The van der Waals surface area contributed by atoms with Gasteiger partial charge in [0, 0.05) is 24.6 Å². The molecular formula is C18H23N3O6S. The van der Waals surface area contributed by atoms with Gasteiger partial charge in [0.05, 0.1) is 40.2 Å². The molecular weight excluding hydrogens is 386 g/mol. The summed E-state index contributed by atoms with van der Waals surface area (Å²) in [6.45, 7) is 0. The first-order valence-electron chi connectivity index (χ1n) is 8.16. The van der Waals surface area contributed by atoms with Gasteiger partial charge in [-0.3, -0.25) is 0 Å². The Kier molecular flexibility index (Phi) is 7.05. The number of ether oxygens (including phenoxy) is 4. The van der Waals surface area contributed by atoms with E-state index in [0.717, 1.165) is 5.41 Å². The van der Waals surface area contributed by atoms with Crippen LogP contribution in [0.25, 0.3) is 6.08 Å². The van der Waals surface area contributed by atoms with Crippen LogP contribution >= 0.6 is 0 Å². The quantitative estimate of drug-likeness (QED) is 0.666. The third-order valence-corrected chi connectivity index (χ3v) is 5.03. The normalized spacial score (nSPS) is 11.3. The molecule has 0 bridgehead atoms. The maximum absolute atomic E-state index is 12.6.